The number of methoxy groups -OCH3 is 1. The van der Waals surface area contributed by atoms with Gasteiger partial charge in [0, 0.05) is 19.1 Å². The predicted molar refractivity (Wildman–Crippen MR) is 75.4 cm³/mol. The van der Waals surface area contributed by atoms with Crippen LogP contribution in [0.25, 0.3) is 0 Å². The molecule has 1 N–H and O–H groups in total. The quantitative estimate of drug-likeness (QED) is 0.896. The number of nitrogens with one attached hydrogen (secondary N) is 1. The molecular formula is C15H22N2O2. The first-order valence-electron chi connectivity index (χ1n) is 6.83. The molecule has 0 spiro atoms. The van der Waals surface area contributed by atoms with E-state index >= 15 is 0 Å². The summed E-state index contributed by atoms with van der Waals surface area (Å²) < 4.78 is 5.12. The highest BCUT2D eigenvalue weighted by atomic mass is 16.5. The van der Waals surface area contributed by atoms with Crippen LogP contribution in [0.1, 0.15) is 18.9 Å². The minimum absolute atomic E-state index is 0.209. The number of nitrogens with zero attached hydrogens (tertiary/aromatic N) is 1. The van der Waals surface area contributed by atoms with Gasteiger partial charge in [0.1, 0.15) is 5.75 Å². The number of ether oxygens (including phenoxy) is 1. The minimum atomic E-state index is 0.209. The average Bonchev–Trinajstić information content (AvgIpc) is 2.64. The summed E-state index contributed by atoms with van der Waals surface area (Å²) in [6.45, 7) is 4.77. The third kappa shape index (κ3) is 3.96. The summed E-state index contributed by atoms with van der Waals surface area (Å²) >= 11 is 0. The second-order valence-electron chi connectivity index (χ2n) is 5.07. The van der Waals surface area contributed by atoms with Gasteiger partial charge in [-0.2, -0.15) is 0 Å². The first-order valence-corrected chi connectivity index (χ1v) is 6.83. The lowest BCUT2D eigenvalue weighted by Crippen LogP contribution is -2.39. The van der Waals surface area contributed by atoms with Gasteiger partial charge in [0.2, 0.25) is 5.91 Å². The van der Waals surface area contributed by atoms with Crippen molar-refractivity contribution in [3.05, 3.63) is 29.8 Å². The van der Waals surface area contributed by atoms with Crippen LogP contribution in [0.3, 0.4) is 0 Å². The molecule has 0 saturated carbocycles. The van der Waals surface area contributed by atoms with E-state index in [9.17, 15) is 4.79 Å². The monoisotopic (exact) mass is 262 g/mol. The zero-order chi connectivity index (χ0) is 13.7. The summed E-state index contributed by atoms with van der Waals surface area (Å²) in [7, 11) is 1.64. The van der Waals surface area contributed by atoms with Crippen LogP contribution in [0.2, 0.25) is 0 Å². The van der Waals surface area contributed by atoms with E-state index < -0.39 is 0 Å². The molecule has 1 heterocycles. The maximum absolute atomic E-state index is 12.3. The average molecular weight is 262 g/mol. The molecule has 1 aliphatic rings. The van der Waals surface area contributed by atoms with Gasteiger partial charge in [0.15, 0.2) is 0 Å². The molecule has 2 rings (SSSR count). The minimum Gasteiger partial charge on any atom is -0.497 e. The lowest BCUT2D eigenvalue weighted by Gasteiger charge is -2.22. The van der Waals surface area contributed by atoms with Crippen molar-refractivity contribution in [1.82, 2.24) is 10.2 Å². The van der Waals surface area contributed by atoms with Crippen LogP contribution in [0, 0.1) is 0 Å². The molecule has 0 aliphatic carbocycles. The number of hydrogen-bond acceptors (Lipinski definition) is 3. The Morgan fingerprint density at radius 3 is 2.84 bits per heavy atom. The second kappa shape index (κ2) is 6.57. The highest BCUT2D eigenvalue weighted by Gasteiger charge is 2.19. The fourth-order valence-corrected chi connectivity index (χ4v) is 2.36. The summed E-state index contributed by atoms with van der Waals surface area (Å²) in [5, 5.41) is 3.40. The van der Waals surface area contributed by atoms with Crippen LogP contribution in [0.15, 0.2) is 24.3 Å². The summed E-state index contributed by atoms with van der Waals surface area (Å²) in [6.07, 6.45) is 1.50. The van der Waals surface area contributed by atoms with Crippen molar-refractivity contribution in [2.75, 3.05) is 26.7 Å². The van der Waals surface area contributed by atoms with Gasteiger partial charge < -0.3 is 15.0 Å². The fraction of sp³-hybridized carbons (Fsp3) is 0.533. The van der Waals surface area contributed by atoms with Crippen LogP contribution in [0.5, 0.6) is 5.75 Å². The van der Waals surface area contributed by atoms with E-state index in [0.29, 0.717) is 12.5 Å². The Labute approximate surface area is 114 Å². The van der Waals surface area contributed by atoms with E-state index in [0.717, 1.165) is 37.4 Å². The molecule has 0 radical (unpaired) electrons. The molecule has 0 aromatic heterocycles. The Kier molecular flexibility index (Phi) is 4.80. The smallest absolute Gasteiger partial charge is 0.227 e. The topological polar surface area (TPSA) is 41.6 Å². The van der Waals surface area contributed by atoms with Crippen LogP contribution >= 0.6 is 0 Å². The van der Waals surface area contributed by atoms with Crippen molar-refractivity contribution in [2.45, 2.75) is 25.8 Å². The predicted octanol–water partition coefficient (Wildman–Crippen LogP) is 1.45. The van der Waals surface area contributed by atoms with E-state index in [4.69, 9.17) is 4.74 Å². The summed E-state index contributed by atoms with van der Waals surface area (Å²) in [5.74, 6) is 1.03. The molecule has 19 heavy (non-hydrogen) atoms. The standard InChI is InChI=1S/C15H22N2O2/c1-12-11-17(9-3-8-16-12)15(18)10-13-4-6-14(19-2)7-5-13/h4-7,12,16H,3,8-11H2,1-2H3. The number of carbonyl (C=O) groups is 1. The maximum atomic E-state index is 12.3. The maximum Gasteiger partial charge on any atom is 0.227 e. The SMILES string of the molecule is COc1ccc(CC(=O)N2CCCNC(C)C2)cc1. The van der Waals surface area contributed by atoms with Gasteiger partial charge in [0.25, 0.3) is 0 Å². The Morgan fingerprint density at radius 1 is 1.42 bits per heavy atom. The zero-order valence-electron chi connectivity index (χ0n) is 11.7. The summed E-state index contributed by atoms with van der Waals surface area (Å²) in [4.78, 5) is 14.3. The van der Waals surface area contributed by atoms with Crippen molar-refractivity contribution in [3.8, 4) is 5.75 Å². The van der Waals surface area contributed by atoms with E-state index in [1.54, 1.807) is 7.11 Å². The van der Waals surface area contributed by atoms with Crippen LogP contribution < -0.4 is 10.1 Å². The number of hydrogen-bond donors (Lipinski definition) is 1. The number of benzene rings is 1. The molecule has 1 fully saturated rings. The molecule has 104 valence electrons. The number of amides is 1. The Morgan fingerprint density at radius 2 is 2.16 bits per heavy atom. The molecule has 1 amide bonds. The molecular weight excluding hydrogens is 240 g/mol. The van der Waals surface area contributed by atoms with Crippen LogP contribution in [-0.4, -0.2) is 43.6 Å². The lowest BCUT2D eigenvalue weighted by molar-refractivity contribution is -0.130. The van der Waals surface area contributed by atoms with E-state index in [2.05, 4.69) is 12.2 Å². The van der Waals surface area contributed by atoms with E-state index in [-0.39, 0.29) is 5.91 Å². The van der Waals surface area contributed by atoms with Crippen molar-refractivity contribution < 1.29 is 9.53 Å². The summed E-state index contributed by atoms with van der Waals surface area (Å²) in [6, 6.07) is 8.08. The normalized spacial score (nSPS) is 19.9. The lowest BCUT2D eigenvalue weighted by atomic mass is 10.1. The number of carbonyl (C=O) groups excluding carboxylic acids is 1. The second-order valence-corrected chi connectivity index (χ2v) is 5.07. The van der Waals surface area contributed by atoms with Gasteiger partial charge in [-0.1, -0.05) is 12.1 Å². The number of rotatable bonds is 3. The zero-order valence-corrected chi connectivity index (χ0v) is 11.7. The van der Waals surface area contributed by atoms with E-state index in [1.807, 2.05) is 29.2 Å². The molecule has 4 heteroatoms. The third-order valence-corrected chi connectivity index (χ3v) is 3.46. The molecule has 1 aromatic rings. The van der Waals surface area contributed by atoms with Crippen molar-refractivity contribution >= 4 is 5.91 Å². The first-order chi connectivity index (χ1) is 9.19. The molecule has 1 aliphatic heterocycles. The van der Waals surface area contributed by atoms with Gasteiger partial charge >= 0.3 is 0 Å². The van der Waals surface area contributed by atoms with Gasteiger partial charge in [-0.05, 0) is 37.6 Å². The highest BCUT2D eigenvalue weighted by molar-refractivity contribution is 5.78. The Bertz CT molecular complexity index is 417. The highest BCUT2D eigenvalue weighted by Crippen LogP contribution is 2.13. The van der Waals surface area contributed by atoms with Crippen molar-refractivity contribution in [1.29, 1.82) is 0 Å². The largest absolute Gasteiger partial charge is 0.497 e. The van der Waals surface area contributed by atoms with Gasteiger partial charge in [0.05, 0.1) is 13.5 Å². The molecule has 4 nitrogen and oxygen atoms in total. The Balaban J connectivity index is 1.95. The third-order valence-electron chi connectivity index (χ3n) is 3.46. The fourth-order valence-electron chi connectivity index (χ4n) is 2.36. The molecule has 1 unspecified atom stereocenters. The molecule has 0 bridgehead atoms. The van der Waals surface area contributed by atoms with Gasteiger partial charge in [-0.25, -0.2) is 0 Å². The summed E-state index contributed by atoms with van der Waals surface area (Å²) in [5.41, 5.74) is 1.04. The first kappa shape index (κ1) is 13.9. The molecule has 1 atom stereocenters. The van der Waals surface area contributed by atoms with Crippen molar-refractivity contribution in [3.63, 3.8) is 0 Å². The van der Waals surface area contributed by atoms with E-state index in [1.165, 1.54) is 0 Å². The molecule has 1 aromatic carbocycles. The van der Waals surface area contributed by atoms with Crippen LogP contribution in [-0.2, 0) is 11.2 Å². The van der Waals surface area contributed by atoms with Crippen LogP contribution in [0.4, 0.5) is 0 Å². The Hall–Kier alpha value is -1.55. The van der Waals surface area contributed by atoms with Gasteiger partial charge in [-0.15, -0.1) is 0 Å². The van der Waals surface area contributed by atoms with Crippen molar-refractivity contribution in [2.24, 2.45) is 0 Å². The van der Waals surface area contributed by atoms with Gasteiger partial charge in [-0.3, -0.25) is 4.79 Å². The molecule has 1 saturated heterocycles.